The summed E-state index contributed by atoms with van der Waals surface area (Å²) in [5.74, 6) is -0.0362. The molecule has 0 radical (unpaired) electrons. The van der Waals surface area contributed by atoms with Gasteiger partial charge in [0.1, 0.15) is 0 Å². The van der Waals surface area contributed by atoms with Gasteiger partial charge in [-0.15, -0.1) is 0 Å². The van der Waals surface area contributed by atoms with Gasteiger partial charge in [0, 0.05) is 12.6 Å². The second-order valence-electron chi connectivity index (χ2n) is 2.54. The molecule has 0 aromatic heterocycles. The Kier molecular flexibility index (Phi) is 5.50. The van der Waals surface area contributed by atoms with E-state index in [2.05, 4.69) is 21.2 Å². The summed E-state index contributed by atoms with van der Waals surface area (Å²) in [7, 11) is 0. The van der Waals surface area contributed by atoms with Crippen LogP contribution in [0.5, 0.6) is 0 Å². The van der Waals surface area contributed by atoms with E-state index in [4.69, 9.17) is 5.11 Å². The van der Waals surface area contributed by atoms with Crippen LogP contribution in [0.1, 0.15) is 20.3 Å². The van der Waals surface area contributed by atoms with E-state index in [1.807, 2.05) is 6.92 Å². The number of hydrogen-bond donors (Lipinski definition) is 2. The summed E-state index contributed by atoms with van der Waals surface area (Å²) in [6.45, 7) is 3.74. The van der Waals surface area contributed by atoms with E-state index in [1.54, 1.807) is 6.92 Å². The van der Waals surface area contributed by atoms with Gasteiger partial charge in [-0.2, -0.15) is 0 Å². The molecule has 0 fully saturated rings. The molecule has 1 amide bonds. The maximum absolute atomic E-state index is 11.0. The van der Waals surface area contributed by atoms with Gasteiger partial charge in [-0.05, 0) is 20.3 Å². The van der Waals surface area contributed by atoms with E-state index in [0.29, 0.717) is 6.42 Å². The van der Waals surface area contributed by atoms with Crippen LogP contribution in [0, 0.1) is 0 Å². The van der Waals surface area contributed by atoms with Crippen molar-refractivity contribution >= 4 is 21.8 Å². The molecule has 0 aromatic rings. The molecule has 11 heavy (non-hydrogen) atoms. The Morgan fingerprint density at radius 2 is 2.18 bits per heavy atom. The molecule has 66 valence electrons. The summed E-state index contributed by atoms with van der Waals surface area (Å²) >= 11 is 3.14. The van der Waals surface area contributed by atoms with Crippen LogP contribution in [0.25, 0.3) is 0 Å². The van der Waals surface area contributed by atoms with E-state index in [9.17, 15) is 4.79 Å². The average Bonchev–Trinajstić information content (AvgIpc) is 1.87. The minimum Gasteiger partial charge on any atom is -0.396 e. The highest BCUT2D eigenvalue weighted by molar-refractivity contribution is 9.10. The third-order valence-corrected chi connectivity index (χ3v) is 1.73. The van der Waals surface area contributed by atoms with Gasteiger partial charge in [-0.3, -0.25) is 4.79 Å². The molecule has 2 atom stereocenters. The predicted molar refractivity (Wildman–Crippen MR) is 47.7 cm³/mol. The highest BCUT2D eigenvalue weighted by atomic mass is 79.9. The highest BCUT2D eigenvalue weighted by Gasteiger charge is 2.10. The Bertz CT molecular complexity index is 128. The number of rotatable bonds is 4. The number of carbonyl (C=O) groups excluding carboxylic acids is 1. The molecule has 2 unspecified atom stereocenters. The van der Waals surface area contributed by atoms with Gasteiger partial charge in [0.15, 0.2) is 0 Å². The molecule has 0 saturated heterocycles. The highest BCUT2D eigenvalue weighted by Crippen LogP contribution is 1.98. The maximum atomic E-state index is 11.0. The minimum absolute atomic E-state index is 0.0362. The summed E-state index contributed by atoms with van der Waals surface area (Å²) in [6.07, 6.45) is 0.603. The standard InChI is InChI=1S/C7H14BrNO2/c1-5(3-4-10)9-7(11)6(2)8/h5-6,10H,3-4H2,1-2H3,(H,9,11). The van der Waals surface area contributed by atoms with E-state index in [1.165, 1.54) is 0 Å². The monoisotopic (exact) mass is 223 g/mol. The van der Waals surface area contributed by atoms with Crippen molar-refractivity contribution in [3.05, 3.63) is 0 Å². The number of alkyl halides is 1. The molecule has 2 N–H and O–H groups in total. The van der Waals surface area contributed by atoms with Crippen LogP contribution < -0.4 is 5.32 Å². The first-order valence-electron chi connectivity index (χ1n) is 3.63. The molecule has 0 saturated carbocycles. The van der Waals surface area contributed by atoms with Gasteiger partial charge in [0.05, 0.1) is 4.83 Å². The Labute approximate surface area is 75.3 Å². The molecule has 0 aliphatic rings. The van der Waals surface area contributed by atoms with Crippen molar-refractivity contribution in [2.45, 2.75) is 31.1 Å². The number of hydrogen-bond acceptors (Lipinski definition) is 2. The van der Waals surface area contributed by atoms with E-state index in [-0.39, 0.29) is 23.4 Å². The zero-order valence-corrected chi connectivity index (χ0v) is 8.39. The molecule has 0 aliphatic carbocycles. The molecule has 4 heteroatoms. The number of amides is 1. The van der Waals surface area contributed by atoms with Crippen molar-refractivity contribution in [2.24, 2.45) is 0 Å². The molecule has 0 spiro atoms. The molecule has 0 aromatic carbocycles. The molecular weight excluding hydrogens is 210 g/mol. The number of carbonyl (C=O) groups is 1. The Balaban J connectivity index is 3.57. The second-order valence-corrected chi connectivity index (χ2v) is 3.91. The van der Waals surface area contributed by atoms with Crippen LogP contribution in [0.2, 0.25) is 0 Å². The lowest BCUT2D eigenvalue weighted by Crippen LogP contribution is -2.37. The van der Waals surface area contributed by atoms with Crippen molar-refractivity contribution in [3.8, 4) is 0 Å². The van der Waals surface area contributed by atoms with Crippen LogP contribution in [0.4, 0.5) is 0 Å². The quantitative estimate of drug-likeness (QED) is 0.689. The summed E-state index contributed by atoms with van der Waals surface area (Å²) in [6, 6.07) is 0.0486. The van der Waals surface area contributed by atoms with Crippen LogP contribution in [0.3, 0.4) is 0 Å². The number of aliphatic hydroxyl groups excluding tert-OH is 1. The minimum atomic E-state index is -0.163. The summed E-state index contributed by atoms with van der Waals surface area (Å²) in [4.78, 5) is 10.8. The van der Waals surface area contributed by atoms with Gasteiger partial charge in [-0.25, -0.2) is 0 Å². The van der Waals surface area contributed by atoms with Crippen molar-refractivity contribution in [3.63, 3.8) is 0 Å². The zero-order valence-electron chi connectivity index (χ0n) is 6.80. The molecule has 0 heterocycles. The molecule has 0 rings (SSSR count). The Morgan fingerprint density at radius 1 is 1.64 bits per heavy atom. The van der Waals surface area contributed by atoms with Gasteiger partial charge in [-0.1, -0.05) is 15.9 Å². The third-order valence-electron chi connectivity index (χ3n) is 1.31. The molecule has 0 bridgehead atoms. The fourth-order valence-corrected chi connectivity index (χ4v) is 0.756. The van der Waals surface area contributed by atoms with Crippen molar-refractivity contribution in [2.75, 3.05) is 6.61 Å². The number of aliphatic hydroxyl groups is 1. The lowest BCUT2D eigenvalue weighted by molar-refractivity contribution is -0.120. The second kappa shape index (κ2) is 5.55. The zero-order chi connectivity index (χ0) is 8.85. The molecular formula is C7H14BrNO2. The third kappa shape index (κ3) is 5.21. The van der Waals surface area contributed by atoms with Crippen LogP contribution in [-0.2, 0) is 4.79 Å². The smallest absolute Gasteiger partial charge is 0.233 e. The first-order valence-corrected chi connectivity index (χ1v) is 4.54. The molecule has 0 aliphatic heterocycles. The van der Waals surface area contributed by atoms with Crippen molar-refractivity contribution in [1.82, 2.24) is 5.32 Å². The summed E-state index contributed by atoms with van der Waals surface area (Å²) in [5, 5.41) is 11.3. The normalized spacial score (nSPS) is 15.6. The lowest BCUT2D eigenvalue weighted by Gasteiger charge is -2.13. The van der Waals surface area contributed by atoms with Gasteiger partial charge >= 0.3 is 0 Å². The molecule has 3 nitrogen and oxygen atoms in total. The van der Waals surface area contributed by atoms with Gasteiger partial charge in [0.25, 0.3) is 0 Å². The topological polar surface area (TPSA) is 49.3 Å². The first-order chi connectivity index (χ1) is 5.07. The fourth-order valence-electron chi connectivity index (χ4n) is 0.623. The van der Waals surface area contributed by atoms with Crippen LogP contribution in [-0.4, -0.2) is 28.5 Å². The summed E-state index contributed by atoms with van der Waals surface area (Å²) in [5.41, 5.74) is 0. The number of halogens is 1. The Morgan fingerprint density at radius 3 is 2.55 bits per heavy atom. The first kappa shape index (κ1) is 10.9. The van der Waals surface area contributed by atoms with Crippen molar-refractivity contribution in [1.29, 1.82) is 0 Å². The van der Waals surface area contributed by atoms with Gasteiger partial charge in [0.2, 0.25) is 5.91 Å². The van der Waals surface area contributed by atoms with Crippen molar-refractivity contribution < 1.29 is 9.90 Å². The van der Waals surface area contributed by atoms with Crippen LogP contribution in [0.15, 0.2) is 0 Å². The SMILES string of the molecule is CC(CCO)NC(=O)C(C)Br. The lowest BCUT2D eigenvalue weighted by atomic mass is 10.2. The van der Waals surface area contributed by atoms with E-state index in [0.717, 1.165) is 0 Å². The fraction of sp³-hybridized carbons (Fsp3) is 0.857. The number of nitrogens with one attached hydrogen (secondary N) is 1. The maximum Gasteiger partial charge on any atom is 0.233 e. The summed E-state index contributed by atoms with van der Waals surface area (Å²) < 4.78 is 0. The van der Waals surface area contributed by atoms with E-state index >= 15 is 0 Å². The van der Waals surface area contributed by atoms with Gasteiger partial charge < -0.3 is 10.4 Å². The van der Waals surface area contributed by atoms with Crippen LogP contribution >= 0.6 is 15.9 Å². The average molecular weight is 224 g/mol. The predicted octanol–water partition coefficient (Wildman–Crippen LogP) is 0.657. The van der Waals surface area contributed by atoms with E-state index < -0.39 is 0 Å². The Hall–Kier alpha value is -0.0900. The largest absolute Gasteiger partial charge is 0.396 e.